The molecule has 32 heavy (non-hydrogen) atoms. The van der Waals surface area contributed by atoms with Gasteiger partial charge in [0.2, 0.25) is 5.91 Å². The highest BCUT2D eigenvalue weighted by Gasteiger charge is 2.43. The number of piperidine rings is 1. The van der Waals surface area contributed by atoms with Gasteiger partial charge in [0.25, 0.3) is 0 Å². The summed E-state index contributed by atoms with van der Waals surface area (Å²) in [6.45, 7) is 4.30. The van der Waals surface area contributed by atoms with Crippen LogP contribution in [0.1, 0.15) is 30.4 Å². The first-order valence-corrected chi connectivity index (χ1v) is 11.6. The second-order valence-corrected chi connectivity index (χ2v) is 9.09. The molecule has 0 radical (unpaired) electrons. The molecule has 2 aromatic carbocycles. The number of carbonyl (C=O) groups excluding carboxylic acids is 2. The number of urea groups is 1. The fourth-order valence-electron chi connectivity index (χ4n) is 5.25. The SMILES string of the molecule is CN(C)C(=O)C(CCN1CCC(N2CCNC2=O)CC1)(c1ccccc1)c1ccccc1. The van der Waals surface area contributed by atoms with E-state index < -0.39 is 5.41 Å². The van der Waals surface area contributed by atoms with Gasteiger partial charge in [0.1, 0.15) is 5.41 Å². The van der Waals surface area contributed by atoms with Crippen LogP contribution in [0.15, 0.2) is 60.7 Å². The average Bonchev–Trinajstić information content (AvgIpc) is 3.27. The lowest BCUT2D eigenvalue weighted by Gasteiger charge is -2.40. The van der Waals surface area contributed by atoms with Crippen LogP contribution in [0.25, 0.3) is 0 Å². The standard InChI is InChI=1S/C26H34N4O2/c1-28(2)24(31)26(21-9-5-3-6-10-21,22-11-7-4-8-12-22)15-19-29-17-13-23(14-18-29)30-20-16-27-25(30)32/h3-12,23H,13-20H2,1-2H3,(H,27,32). The van der Waals surface area contributed by atoms with Crippen LogP contribution in [0.4, 0.5) is 4.79 Å². The Hall–Kier alpha value is -2.86. The number of carbonyl (C=O) groups is 2. The number of hydrogen-bond donors (Lipinski definition) is 1. The highest BCUT2D eigenvalue weighted by Crippen LogP contribution is 2.38. The molecule has 0 aliphatic carbocycles. The van der Waals surface area contributed by atoms with E-state index in [2.05, 4.69) is 34.5 Å². The minimum atomic E-state index is -0.724. The first-order chi connectivity index (χ1) is 15.5. The Morgan fingerprint density at radius 2 is 1.53 bits per heavy atom. The molecule has 0 saturated carbocycles. The van der Waals surface area contributed by atoms with E-state index in [4.69, 9.17) is 0 Å². The summed E-state index contributed by atoms with van der Waals surface area (Å²) in [5.41, 5.74) is 1.35. The summed E-state index contributed by atoms with van der Waals surface area (Å²) < 4.78 is 0. The molecule has 2 fully saturated rings. The fourth-order valence-corrected chi connectivity index (χ4v) is 5.25. The molecule has 0 unspecified atom stereocenters. The van der Waals surface area contributed by atoms with Gasteiger partial charge in [-0.1, -0.05) is 60.7 Å². The van der Waals surface area contributed by atoms with Crippen LogP contribution < -0.4 is 5.32 Å². The van der Waals surface area contributed by atoms with Crippen LogP contribution in [0, 0.1) is 0 Å². The Morgan fingerprint density at radius 3 is 2.00 bits per heavy atom. The van der Waals surface area contributed by atoms with Crippen molar-refractivity contribution < 1.29 is 9.59 Å². The van der Waals surface area contributed by atoms with E-state index in [1.807, 2.05) is 55.4 Å². The van der Waals surface area contributed by atoms with Gasteiger partial charge in [-0.3, -0.25) is 4.79 Å². The van der Waals surface area contributed by atoms with E-state index >= 15 is 0 Å². The van der Waals surface area contributed by atoms with Crippen LogP contribution in [0.2, 0.25) is 0 Å². The molecule has 0 aromatic heterocycles. The molecule has 170 valence electrons. The van der Waals surface area contributed by atoms with Gasteiger partial charge in [0, 0.05) is 46.3 Å². The maximum Gasteiger partial charge on any atom is 0.317 e. The van der Waals surface area contributed by atoms with Crippen LogP contribution in [0.5, 0.6) is 0 Å². The first kappa shape index (κ1) is 22.3. The van der Waals surface area contributed by atoms with Gasteiger partial charge in [0.15, 0.2) is 0 Å². The summed E-state index contributed by atoms with van der Waals surface area (Å²) in [6.07, 6.45) is 2.68. The molecule has 3 amide bonds. The van der Waals surface area contributed by atoms with Gasteiger partial charge in [-0.05, 0) is 36.9 Å². The molecular formula is C26H34N4O2. The Labute approximate surface area is 191 Å². The quantitative estimate of drug-likeness (QED) is 0.729. The Balaban J connectivity index is 1.55. The molecule has 0 bridgehead atoms. The van der Waals surface area contributed by atoms with E-state index in [0.717, 1.165) is 56.7 Å². The lowest BCUT2D eigenvalue weighted by Crippen LogP contribution is -2.49. The Bertz CT molecular complexity index is 868. The molecule has 2 aromatic rings. The highest BCUT2D eigenvalue weighted by atomic mass is 16.2. The third kappa shape index (κ3) is 4.37. The van der Waals surface area contributed by atoms with Gasteiger partial charge < -0.3 is 20.0 Å². The molecule has 2 saturated heterocycles. The van der Waals surface area contributed by atoms with Crippen molar-refractivity contribution in [2.45, 2.75) is 30.7 Å². The minimum absolute atomic E-state index is 0.0761. The largest absolute Gasteiger partial charge is 0.348 e. The summed E-state index contributed by atoms with van der Waals surface area (Å²) in [5.74, 6) is 0.110. The summed E-state index contributed by atoms with van der Waals surface area (Å²) in [7, 11) is 3.69. The molecule has 1 N–H and O–H groups in total. The molecule has 4 rings (SSSR count). The summed E-state index contributed by atoms with van der Waals surface area (Å²) in [4.78, 5) is 31.9. The van der Waals surface area contributed by atoms with Gasteiger partial charge in [-0.2, -0.15) is 0 Å². The predicted octanol–water partition coefficient (Wildman–Crippen LogP) is 2.94. The van der Waals surface area contributed by atoms with E-state index in [0.29, 0.717) is 12.5 Å². The molecule has 2 aliphatic rings. The van der Waals surface area contributed by atoms with Crippen molar-refractivity contribution in [3.8, 4) is 0 Å². The van der Waals surface area contributed by atoms with E-state index in [1.165, 1.54) is 0 Å². The van der Waals surface area contributed by atoms with Crippen molar-refractivity contribution >= 4 is 11.9 Å². The van der Waals surface area contributed by atoms with Crippen LogP contribution in [-0.2, 0) is 10.2 Å². The van der Waals surface area contributed by atoms with Crippen LogP contribution >= 0.6 is 0 Å². The van der Waals surface area contributed by atoms with E-state index in [1.54, 1.807) is 4.90 Å². The van der Waals surface area contributed by atoms with Crippen LogP contribution in [-0.4, -0.2) is 79.5 Å². The van der Waals surface area contributed by atoms with Crippen molar-refractivity contribution in [1.82, 2.24) is 20.0 Å². The topological polar surface area (TPSA) is 55.9 Å². The number of likely N-dealkylation sites (tertiary alicyclic amines) is 1. The molecule has 6 nitrogen and oxygen atoms in total. The van der Waals surface area contributed by atoms with Gasteiger partial charge in [-0.25, -0.2) is 4.79 Å². The number of benzene rings is 2. The van der Waals surface area contributed by atoms with Crippen molar-refractivity contribution in [3.05, 3.63) is 71.8 Å². The Kier molecular flexibility index (Phi) is 6.80. The Morgan fingerprint density at radius 1 is 0.969 bits per heavy atom. The van der Waals surface area contributed by atoms with Gasteiger partial charge in [0.05, 0.1) is 0 Å². The lowest BCUT2D eigenvalue weighted by atomic mass is 9.70. The third-order valence-corrected chi connectivity index (χ3v) is 7.00. The maximum absolute atomic E-state index is 13.8. The zero-order valence-electron chi connectivity index (χ0n) is 19.2. The maximum atomic E-state index is 13.8. The van der Waals surface area contributed by atoms with E-state index in [9.17, 15) is 9.59 Å². The molecule has 0 spiro atoms. The summed E-state index contributed by atoms with van der Waals surface area (Å²) in [6, 6.07) is 20.8. The number of nitrogens with one attached hydrogen (secondary N) is 1. The molecule has 2 heterocycles. The first-order valence-electron chi connectivity index (χ1n) is 11.6. The van der Waals surface area contributed by atoms with E-state index in [-0.39, 0.29) is 11.9 Å². The monoisotopic (exact) mass is 434 g/mol. The van der Waals surface area contributed by atoms with Crippen molar-refractivity contribution in [3.63, 3.8) is 0 Å². The van der Waals surface area contributed by atoms with Crippen molar-refractivity contribution in [2.75, 3.05) is 46.8 Å². The number of amides is 3. The molecular weight excluding hydrogens is 400 g/mol. The minimum Gasteiger partial charge on any atom is -0.348 e. The number of nitrogens with zero attached hydrogens (tertiary/aromatic N) is 3. The predicted molar refractivity (Wildman–Crippen MR) is 127 cm³/mol. The third-order valence-electron chi connectivity index (χ3n) is 7.00. The normalized spacial score (nSPS) is 17.9. The summed E-state index contributed by atoms with van der Waals surface area (Å²) in [5, 5.41) is 2.91. The molecule has 2 aliphatic heterocycles. The number of likely N-dealkylation sites (N-methyl/N-ethyl adjacent to an activating group) is 1. The second kappa shape index (κ2) is 9.74. The second-order valence-electron chi connectivity index (χ2n) is 9.09. The average molecular weight is 435 g/mol. The smallest absolute Gasteiger partial charge is 0.317 e. The van der Waals surface area contributed by atoms with Gasteiger partial charge >= 0.3 is 6.03 Å². The fraction of sp³-hybridized carbons (Fsp3) is 0.462. The zero-order valence-corrected chi connectivity index (χ0v) is 19.2. The zero-order chi connectivity index (χ0) is 22.6. The number of hydrogen-bond acceptors (Lipinski definition) is 3. The van der Waals surface area contributed by atoms with Gasteiger partial charge in [-0.15, -0.1) is 0 Å². The summed E-state index contributed by atoms with van der Waals surface area (Å²) >= 11 is 0. The molecule has 6 heteroatoms. The number of rotatable bonds is 7. The highest BCUT2D eigenvalue weighted by molar-refractivity contribution is 5.92. The lowest BCUT2D eigenvalue weighted by molar-refractivity contribution is -0.133. The van der Waals surface area contributed by atoms with Crippen molar-refractivity contribution in [1.29, 1.82) is 0 Å². The van der Waals surface area contributed by atoms with Crippen molar-refractivity contribution in [2.24, 2.45) is 0 Å². The van der Waals surface area contributed by atoms with Crippen LogP contribution in [0.3, 0.4) is 0 Å². The molecule has 0 atom stereocenters.